The number of carbonyl (C=O) groups excluding carboxylic acids is 4. The van der Waals surface area contributed by atoms with Gasteiger partial charge < -0.3 is 39.7 Å². The molecule has 0 spiro atoms. The van der Waals surface area contributed by atoms with E-state index in [2.05, 4.69) is 36.1 Å². The molecule has 5 heterocycles. The molecule has 348 valence electrons. The van der Waals surface area contributed by atoms with Gasteiger partial charge in [-0.15, -0.1) is 0 Å². The Hall–Kier alpha value is -7.10. The summed E-state index contributed by atoms with van der Waals surface area (Å²) in [4.78, 5) is 56.7. The number of nitrogen functional groups attached to an aromatic ring is 1. The molecule has 7 rings (SSSR count). The van der Waals surface area contributed by atoms with E-state index in [9.17, 15) is 19.2 Å². The van der Waals surface area contributed by atoms with Crippen molar-refractivity contribution >= 4 is 58.4 Å². The number of hydrazine groups is 1. The molecule has 4 aromatic heterocycles. The number of anilines is 2. The van der Waals surface area contributed by atoms with Crippen LogP contribution in [0.15, 0.2) is 48.6 Å². The third-order valence-corrected chi connectivity index (χ3v) is 10.4. The normalized spacial score (nSPS) is 12.6. The van der Waals surface area contributed by atoms with E-state index in [1.54, 1.807) is 67.0 Å². The van der Waals surface area contributed by atoms with E-state index in [1.807, 2.05) is 49.0 Å². The number of ether oxygens (including phenoxy) is 3. The van der Waals surface area contributed by atoms with Crippen molar-refractivity contribution in [1.29, 1.82) is 0 Å². The summed E-state index contributed by atoms with van der Waals surface area (Å²) in [6.45, 7) is 14.8. The maximum absolute atomic E-state index is 12.2. The Balaban J connectivity index is 0.000000324. The van der Waals surface area contributed by atoms with Gasteiger partial charge in [-0.25, -0.2) is 15.8 Å². The SMILES string of the molecule is CCn1nc(C)cc1C=O.CCn1nc(C)cc1C=O.CNc1nc2cc(C(=O)NN)cc(OC)c2n1C/C=C/Cn1c(NC)nc2cc(C(N)=O)cc(OCCCN3CCOCC3)c21. The summed E-state index contributed by atoms with van der Waals surface area (Å²) in [5.41, 5.74) is 14.2. The van der Waals surface area contributed by atoms with E-state index >= 15 is 0 Å². The standard InChI is InChI=1S/C30H40N10O5.2C7H10N2O/c1-33-29-36-22-16-20(28(42)37-32)18-23(43-3)25(22)39(29)8-4-5-9-40-26-21(35-30(40)34-2)15-19(27(31)41)17-24(26)45-12-6-7-38-10-13-44-14-11-38;2*1-3-9-7(5-10)4-6(2)8-9/h4-5,15-18H,6-14,32H2,1-3H3,(H2,31,41)(H,33,36)(H,34,35)(H,37,42);2*4-5H,3H2,1-2H3/b5-4+;;. The summed E-state index contributed by atoms with van der Waals surface area (Å²) in [5, 5.41) is 14.4. The number of morpholine rings is 1. The molecule has 1 saturated heterocycles. The second-order valence-corrected chi connectivity index (χ2v) is 14.7. The molecule has 0 unspecified atom stereocenters. The first-order valence-corrected chi connectivity index (χ1v) is 21.3. The van der Waals surface area contributed by atoms with E-state index in [4.69, 9.17) is 30.8 Å². The van der Waals surface area contributed by atoms with Gasteiger partial charge in [0.1, 0.15) is 33.9 Å². The minimum absolute atomic E-state index is 0.334. The van der Waals surface area contributed by atoms with E-state index in [-0.39, 0.29) is 0 Å². The molecule has 0 radical (unpaired) electrons. The van der Waals surface area contributed by atoms with Crippen LogP contribution >= 0.6 is 0 Å². The monoisotopic (exact) mass is 896 g/mol. The van der Waals surface area contributed by atoms with Gasteiger partial charge in [-0.1, -0.05) is 12.2 Å². The lowest BCUT2D eigenvalue weighted by atomic mass is 10.1. The van der Waals surface area contributed by atoms with Crippen LogP contribution in [-0.2, 0) is 30.9 Å². The molecule has 7 N–H and O–H groups in total. The number of imidazole rings is 2. The van der Waals surface area contributed by atoms with Crippen molar-refractivity contribution < 1.29 is 33.4 Å². The molecule has 21 nitrogen and oxygen atoms in total. The fourth-order valence-electron chi connectivity index (χ4n) is 7.30. The summed E-state index contributed by atoms with van der Waals surface area (Å²) in [6, 6.07) is 10.2. The number of carbonyl (C=O) groups is 4. The Kier molecular flexibility index (Phi) is 17.7. The van der Waals surface area contributed by atoms with E-state index in [0.29, 0.717) is 76.6 Å². The van der Waals surface area contributed by atoms with Gasteiger partial charge >= 0.3 is 0 Å². The van der Waals surface area contributed by atoms with Crippen LogP contribution in [0.4, 0.5) is 11.9 Å². The topological polar surface area (TPSA) is 259 Å². The number of primary amides is 1. The zero-order chi connectivity index (χ0) is 47.0. The lowest BCUT2D eigenvalue weighted by Gasteiger charge is -2.26. The molecule has 2 amide bonds. The molecule has 21 heteroatoms. The van der Waals surface area contributed by atoms with Crippen LogP contribution in [0.3, 0.4) is 0 Å². The number of nitrogens with two attached hydrogens (primary N) is 2. The number of aldehydes is 2. The second kappa shape index (κ2) is 23.5. The third kappa shape index (κ3) is 12.1. The molecular weight excluding hydrogens is 837 g/mol. The maximum Gasteiger partial charge on any atom is 0.265 e. The highest BCUT2D eigenvalue weighted by Gasteiger charge is 2.20. The molecule has 6 aromatic rings. The first-order chi connectivity index (χ1) is 31.4. The molecule has 65 heavy (non-hydrogen) atoms. The second-order valence-electron chi connectivity index (χ2n) is 14.7. The summed E-state index contributed by atoms with van der Waals surface area (Å²) in [5.74, 6) is 6.61. The van der Waals surface area contributed by atoms with Gasteiger partial charge in [0.2, 0.25) is 17.8 Å². The van der Waals surface area contributed by atoms with Crippen molar-refractivity contribution in [3.05, 3.63) is 82.5 Å². The quantitative estimate of drug-likeness (QED) is 0.0206. The Morgan fingerprint density at radius 2 is 1.29 bits per heavy atom. The molecular formula is C44H60N14O7. The first-order valence-electron chi connectivity index (χ1n) is 21.3. The van der Waals surface area contributed by atoms with Crippen LogP contribution < -0.4 is 37.1 Å². The first kappa shape index (κ1) is 48.9. The van der Waals surface area contributed by atoms with Gasteiger partial charge in [-0.2, -0.15) is 10.2 Å². The third-order valence-electron chi connectivity index (χ3n) is 10.4. The summed E-state index contributed by atoms with van der Waals surface area (Å²) >= 11 is 0. The average molecular weight is 897 g/mol. The fraction of sp³-hybridized carbons (Fsp3) is 0.409. The minimum atomic E-state index is -0.547. The Morgan fingerprint density at radius 3 is 1.74 bits per heavy atom. The fourth-order valence-corrected chi connectivity index (χ4v) is 7.30. The minimum Gasteiger partial charge on any atom is -0.494 e. The van der Waals surface area contributed by atoms with Crippen LogP contribution in [0.1, 0.15) is 73.3 Å². The predicted octanol–water partition coefficient (Wildman–Crippen LogP) is 3.59. The zero-order valence-electron chi connectivity index (χ0n) is 38.1. The number of nitrogens with one attached hydrogen (secondary N) is 3. The van der Waals surface area contributed by atoms with Crippen molar-refractivity contribution in [2.75, 3.05) is 71.3 Å². The van der Waals surface area contributed by atoms with Crippen LogP contribution in [-0.4, -0.2) is 129 Å². The number of fused-ring (bicyclic) bond motifs is 2. The van der Waals surface area contributed by atoms with E-state index < -0.39 is 11.8 Å². The Morgan fingerprint density at radius 1 is 0.785 bits per heavy atom. The highest BCUT2D eigenvalue weighted by Crippen LogP contribution is 2.32. The van der Waals surface area contributed by atoms with Crippen molar-refractivity contribution in [3.63, 3.8) is 0 Å². The van der Waals surface area contributed by atoms with Crippen molar-refractivity contribution in [2.24, 2.45) is 11.6 Å². The maximum atomic E-state index is 12.2. The number of nitrogens with zero attached hydrogens (tertiary/aromatic N) is 9. The van der Waals surface area contributed by atoms with Gasteiger partial charge in [0.05, 0.1) is 49.4 Å². The largest absolute Gasteiger partial charge is 0.494 e. The number of hydrogen-bond acceptors (Lipinski definition) is 15. The summed E-state index contributed by atoms with van der Waals surface area (Å²) in [7, 11) is 5.11. The van der Waals surface area contributed by atoms with Crippen molar-refractivity contribution in [3.8, 4) is 11.5 Å². The lowest BCUT2D eigenvalue weighted by Crippen LogP contribution is -2.37. The Bertz CT molecular complexity index is 2550. The average Bonchev–Trinajstić information content (AvgIpc) is 4.10. The number of aromatic nitrogens is 8. The number of benzene rings is 2. The van der Waals surface area contributed by atoms with Crippen LogP contribution in [0, 0.1) is 13.8 Å². The van der Waals surface area contributed by atoms with Crippen LogP contribution in [0.5, 0.6) is 11.5 Å². The predicted molar refractivity (Wildman–Crippen MR) is 248 cm³/mol. The van der Waals surface area contributed by atoms with Gasteiger partial charge in [-0.05, 0) is 70.5 Å². The smallest absolute Gasteiger partial charge is 0.265 e. The van der Waals surface area contributed by atoms with Gasteiger partial charge in [-0.3, -0.25) is 38.9 Å². The molecule has 0 bridgehead atoms. The van der Waals surface area contributed by atoms with Gasteiger partial charge in [0.15, 0.2) is 12.6 Å². The number of aryl methyl sites for hydroxylation is 4. The Labute approximate surface area is 377 Å². The molecule has 1 fully saturated rings. The lowest BCUT2D eigenvalue weighted by molar-refractivity contribution is 0.0358. The van der Waals surface area contributed by atoms with Gasteiger partial charge in [0.25, 0.3) is 5.91 Å². The molecule has 0 atom stereocenters. The van der Waals surface area contributed by atoms with Crippen LogP contribution in [0.25, 0.3) is 22.1 Å². The number of hydrogen-bond donors (Lipinski definition) is 5. The highest BCUT2D eigenvalue weighted by molar-refractivity contribution is 6.00. The zero-order valence-corrected chi connectivity index (χ0v) is 38.1. The highest BCUT2D eigenvalue weighted by atomic mass is 16.5. The number of rotatable bonds is 18. The molecule has 0 aliphatic carbocycles. The van der Waals surface area contributed by atoms with Gasteiger partial charge in [0, 0.05) is 71.0 Å². The number of amides is 2. The van der Waals surface area contributed by atoms with Crippen molar-refractivity contribution in [2.45, 2.75) is 60.3 Å². The molecule has 1 aliphatic rings. The van der Waals surface area contributed by atoms with Crippen molar-refractivity contribution in [1.82, 2.24) is 49.0 Å². The van der Waals surface area contributed by atoms with Crippen LogP contribution in [0.2, 0.25) is 0 Å². The summed E-state index contributed by atoms with van der Waals surface area (Å²) in [6.07, 6.45) is 6.49. The van der Waals surface area contributed by atoms with E-state index in [1.165, 1.54) is 0 Å². The molecule has 1 aliphatic heterocycles. The molecule has 2 aromatic carbocycles. The number of allylic oxidation sites excluding steroid dienone is 2. The van der Waals surface area contributed by atoms with E-state index in [0.717, 1.165) is 87.4 Å². The summed E-state index contributed by atoms with van der Waals surface area (Å²) < 4.78 is 24.6. The number of methoxy groups -OCH3 is 1. The molecule has 0 saturated carbocycles.